The summed E-state index contributed by atoms with van der Waals surface area (Å²) in [6, 6.07) is 5.55. The molecule has 0 aliphatic heterocycles. The molecule has 0 bridgehead atoms. The van der Waals surface area contributed by atoms with E-state index in [1.807, 2.05) is 32.0 Å². The Labute approximate surface area is 111 Å². The van der Waals surface area contributed by atoms with Crippen LogP contribution >= 0.6 is 0 Å². The molecule has 6 nitrogen and oxygen atoms in total. The molecule has 0 aromatic carbocycles. The van der Waals surface area contributed by atoms with Crippen molar-refractivity contribution in [2.45, 2.75) is 20.3 Å². The number of nitrogens with one attached hydrogen (secondary N) is 2. The van der Waals surface area contributed by atoms with Crippen molar-refractivity contribution in [3.63, 3.8) is 0 Å². The van der Waals surface area contributed by atoms with Gasteiger partial charge in [-0.25, -0.2) is 9.97 Å². The van der Waals surface area contributed by atoms with Crippen molar-refractivity contribution in [2.24, 2.45) is 0 Å². The Morgan fingerprint density at radius 3 is 2.68 bits per heavy atom. The highest BCUT2D eigenvalue weighted by Gasteiger charge is 2.04. The maximum Gasteiger partial charge on any atom is 0.198 e. The third-order valence-corrected chi connectivity index (χ3v) is 2.47. The number of aliphatic hydroxyl groups excluding tert-OH is 1. The van der Waals surface area contributed by atoms with E-state index in [1.54, 1.807) is 0 Å². The molecular formula is C13H18N4O2. The molecule has 0 aliphatic carbocycles. The zero-order valence-electron chi connectivity index (χ0n) is 11.1. The molecular weight excluding hydrogens is 244 g/mol. The monoisotopic (exact) mass is 262 g/mol. The van der Waals surface area contributed by atoms with Gasteiger partial charge in [0.25, 0.3) is 0 Å². The van der Waals surface area contributed by atoms with Crippen LogP contribution in [0.5, 0.6) is 0 Å². The first-order valence-corrected chi connectivity index (χ1v) is 6.21. The highest BCUT2D eigenvalue weighted by atomic mass is 16.4. The summed E-state index contributed by atoms with van der Waals surface area (Å²) in [5.41, 5.74) is 0. The molecule has 102 valence electrons. The van der Waals surface area contributed by atoms with Crippen molar-refractivity contribution in [1.29, 1.82) is 0 Å². The number of anilines is 3. The molecule has 0 saturated heterocycles. The van der Waals surface area contributed by atoms with Crippen LogP contribution in [0, 0.1) is 13.8 Å². The number of nitrogens with zero attached hydrogens (tertiary/aromatic N) is 2. The molecule has 0 unspecified atom stereocenters. The molecule has 3 N–H and O–H groups in total. The van der Waals surface area contributed by atoms with Gasteiger partial charge in [-0.3, -0.25) is 0 Å². The fraction of sp³-hybridized carbons (Fsp3) is 0.385. The van der Waals surface area contributed by atoms with Crippen LogP contribution in [0.15, 0.2) is 22.6 Å². The molecule has 6 heteroatoms. The number of aromatic nitrogens is 2. The van der Waals surface area contributed by atoms with E-state index in [0.717, 1.165) is 11.6 Å². The minimum Gasteiger partial charge on any atom is -0.446 e. The smallest absolute Gasteiger partial charge is 0.198 e. The molecule has 19 heavy (non-hydrogen) atoms. The lowest BCUT2D eigenvalue weighted by Crippen LogP contribution is -2.07. The van der Waals surface area contributed by atoms with Gasteiger partial charge in [-0.2, -0.15) is 0 Å². The largest absolute Gasteiger partial charge is 0.446 e. The van der Waals surface area contributed by atoms with Crippen molar-refractivity contribution in [3.8, 4) is 0 Å². The number of aryl methyl sites for hydroxylation is 2. The summed E-state index contributed by atoms with van der Waals surface area (Å²) < 4.78 is 5.44. The van der Waals surface area contributed by atoms with Gasteiger partial charge < -0.3 is 20.2 Å². The average molecular weight is 262 g/mol. The fourth-order valence-electron chi connectivity index (χ4n) is 1.65. The third-order valence-electron chi connectivity index (χ3n) is 2.47. The van der Waals surface area contributed by atoms with Gasteiger partial charge in [0.15, 0.2) is 5.88 Å². The van der Waals surface area contributed by atoms with Crippen molar-refractivity contribution in [2.75, 3.05) is 23.8 Å². The van der Waals surface area contributed by atoms with Gasteiger partial charge in [0.05, 0.1) is 0 Å². The van der Waals surface area contributed by atoms with E-state index in [2.05, 4.69) is 20.6 Å². The quantitative estimate of drug-likeness (QED) is 0.692. The van der Waals surface area contributed by atoms with Crippen LogP contribution in [-0.2, 0) is 0 Å². The molecule has 2 rings (SSSR count). The predicted octanol–water partition coefficient (Wildman–Crippen LogP) is 2.22. The second kappa shape index (κ2) is 6.19. The van der Waals surface area contributed by atoms with E-state index < -0.39 is 0 Å². The maximum atomic E-state index is 8.75. The van der Waals surface area contributed by atoms with E-state index in [4.69, 9.17) is 9.52 Å². The Morgan fingerprint density at radius 2 is 2.00 bits per heavy atom. The lowest BCUT2D eigenvalue weighted by Gasteiger charge is -2.08. The Bertz CT molecular complexity index is 539. The SMILES string of the molecule is Cc1nc(NCCCO)cc(Nc2ccc(C)o2)n1. The zero-order chi connectivity index (χ0) is 13.7. The van der Waals surface area contributed by atoms with Gasteiger partial charge in [0.1, 0.15) is 23.2 Å². The Balaban J connectivity index is 2.07. The van der Waals surface area contributed by atoms with Gasteiger partial charge in [-0.05, 0) is 26.3 Å². The first-order chi connectivity index (χ1) is 9.17. The van der Waals surface area contributed by atoms with Crippen molar-refractivity contribution in [3.05, 3.63) is 29.8 Å². The van der Waals surface area contributed by atoms with Crippen LogP contribution < -0.4 is 10.6 Å². The average Bonchev–Trinajstić information content (AvgIpc) is 2.74. The summed E-state index contributed by atoms with van der Waals surface area (Å²) >= 11 is 0. The molecule has 0 aliphatic rings. The minimum atomic E-state index is 0.161. The van der Waals surface area contributed by atoms with Gasteiger partial charge in [-0.1, -0.05) is 0 Å². The Morgan fingerprint density at radius 1 is 1.21 bits per heavy atom. The first-order valence-electron chi connectivity index (χ1n) is 6.21. The lowest BCUT2D eigenvalue weighted by atomic mass is 10.4. The van der Waals surface area contributed by atoms with Crippen molar-refractivity contribution < 1.29 is 9.52 Å². The maximum absolute atomic E-state index is 8.75. The van der Waals surface area contributed by atoms with Crippen LogP contribution in [-0.4, -0.2) is 28.2 Å². The van der Waals surface area contributed by atoms with Crippen LogP contribution in [0.1, 0.15) is 18.0 Å². The van der Waals surface area contributed by atoms with E-state index in [1.165, 1.54) is 0 Å². The van der Waals surface area contributed by atoms with Crippen LogP contribution in [0.25, 0.3) is 0 Å². The summed E-state index contributed by atoms with van der Waals surface area (Å²) in [6.07, 6.45) is 0.684. The predicted molar refractivity (Wildman–Crippen MR) is 73.7 cm³/mol. The second-order valence-electron chi connectivity index (χ2n) is 4.22. The van der Waals surface area contributed by atoms with E-state index in [0.29, 0.717) is 30.5 Å². The summed E-state index contributed by atoms with van der Waals surface area (Å²) in [6.45, 7) is 4.55. The minimum absolute atomic E-state index is 0.161. The number of hydrogen-bond donors (Lipinski definition) is 3. The van der Waals surface area contributed by atoms with Gasteiger partial charge >= 0.3 is 0 Å². The molecule has 0 fully saturated rings. The number of aliphatic hydroxyl groups is 1. The molecule has 2 aromatic heterocycles. The van der Waals surface area contributed by atoms with Gasteiger partial charge in [-0.15, -0.1) is 0 Å². The van der Waals surface area contributed by atoms with E-state index in [9.17, 15) is 0 Å². The molecule has 0 atom stereocenters. The summed E-state index contributed by atoms with van der Waals surface area (Å²) in [5, 5.41) is 15.0. The molecule has 0 radical (unpaired) electrons. The summed E-state index contributed by atoms with van der Waals surface area (Å²) in [7, 11) is 0. The first kappa shape index (κ1) is 13.4. The normalized spacial score (nSPS) is 10.5. The van der Waals surface area contributed by atoms with Crippen molar-refractivity contribution in [1.82, 2.24) is 9.97 Å². The third kappa shape index (κ3) is 3.96. The van der Waals surface area contributed by atoms with E-state index >= 15 is 0 Å². The Hall–Kier alpha value is -2.08. The summed E-state index contributed by atoms with van der Waals surface area (Å²) in [5.74, 6) is 3.56. The molecule has 2 heterocycles. The van der Waals surface area contributed by atoms with Crippen molar-refractivity contribution >= 4 is 17.5 Å². The summed E-state index contributed by atoms with van der Waals surface area (Å²) in [4.78, 5) is 8.57. The van der Waals surface area contributed by atoms with Crippen LogP contribution in [0.4, 0.5) is 17.5 Å². The molecule has 0 saturated carbocycles. The van der Waals surface area contributed by atoms with Gasteiger partial charge in [0, 0.05) is 25.3 Å². The number of hydrogen-bond acceptors (Lipinski definition) is 6. The lowest BCUT2D eigenvalue weighted by molar-refractivity contribution is 0.292. The zero-order valence-corrected chi connectivity index (χ0v) is 11.1. The standard InChI is InChI=1S/C13H18N4O2/c1-9-4-5-13(19-9)17-12-8-11(14-6-3-7-18)15-10(2)16-12/h4-5,8,18H,3,6-7H2,1-2H3,(H2,14,15,16,17). The second-order valence-corrected chi connectivity index (χ2v) is 4.22. The highest BCUT2D eigenvalue weighted by molar-refractivity contribution is 5.55. The number of rotatable bonds is 6. The highest BCUT2D eigenvalue weighted by Crippen LogP contribution is 2.19. The van der Waals surface area contributed by atoms with Crippen LogP contribution in [0.3, 0.4) is 0 Å². The fourth-order valence-corrected chi connectivity index (χ4v) is 1.65. The topological polar surface area (TPSA) is 83.2 Å². The number of furan rings is 1. The Kier molecular flexibility index (Phi) is 4.35. The van der Waals surface area contributed by atoms with Gasteiger partial charge in [0.2, 0.25) is 0 Å². The molecule has 0 amide bonds. The molecule has 2 aromatic rings. The van der Waals surface area contributed by atoms with Crippen LogP contribution in [0.2, 0.25) is 0 Å². The molecule has 0 spiro atoms. The van der Waals surface area contributed by atoms with E-state index in [-0.39, 0.29) is 6.61 Å².